The Morgan fingerprint density at radius 2 is 1.70 bits per heavy atom. The highest BCUT2D eigenvalue weighted by molar-refractivity contribution is 5.85. The Labute approximate surface area is 202 Å². The molecule has 0 radical (unpaired) electrons. The van der Waals surface area contributed by atoms with Gasteiger partial charge < -0.3 is 4.90 Å². The van der Waals surface area contributed by atoms with Crippen LogP contribution >= 0.6 is 0 Å². The van der Waals surface area contributed by atoms with Crippen LogP contribution in [0.25, 0.3) is 0 Å². The van der Waals surface area contributed by atoms with Crippen molar-refractivity contribution in [3.8, 4) is 0 Å². The van der Waals surface area contributed by atoms with Crippen molar-refractivity contribution in [2.24, 2.45) is 51.5 Å². The van der Waals surface area contributed by atoms with E-state index in [9.17, 15) is 4.79 Å². The summed E-state index contributed by atoms with van der Waals surface area (Å²) < 4.78 is 0. The lowest BCUT2D eigenvalue weighted by atomic mass is 9.44. The van der Waals surface area contributed by atoms with Crippen LogP contribution in [0.1, 0.15) is 112 Å². The van der Waals surface area contributed by atoms with E-state index in [4.69, 9.17) is 4.84 Å². The van der Waals surface area contributed by atoms with Gasteiger partial charge in [0.2, 0.25) is 0 Å². The van der Waals surface area contributed by atoms with Crippen LogP contribution in [0.2, 0.25) is 0 Å². The van der Waals surface area contributed by atoms with E-state index in [1.807, 2.05) is 11.8 Å². The molecule has 0 heterocycles. The SMILES string of the molecule is CCN(C(=O)O/N=C(\C)[C@H]1CCC2[C@@H]3CCC4C[C@@H](C)CC[C@]4(C)C3CC[C@@]21C)C1CCC1. The highest BCUT2D eigenvalue weighted by Gasteiger charge is 2.60. The third-order valence-electron chi connectivity index (χ3n) is 11.8. The minimum atomic E-state index is -0.247. The molecular weight excluding hydrogens is 408 g/mol. The lowest BCUT2D eigenvalue weighted by molar-refractivity contribution is -0.113. The number of oxime groups is 1. The van der Waals surface area contributed by atoms with Crippen molar-refractivity contribution >= 4 is 11.8 Å². The van der Waals surface area contributed by atoms with Gasteiger partial charge in [-0.05, 0) is 125 Å². The fourth-order valence-electron chi connectivity index (χ4n) is 9.62. The first-order valence-electron chi connectivity index (χ1n) is 14.3. The van der Waals surface area contributed by atoms with Gasteiger partial charge >= 0.3 is 6.09 Å². The minimum absolute atomic E-state index is 0.247. The average Bonchev–Trinajstić information content (AvgIpc) is 3.12. The highest BCUT2D eigenvalue weighted by atomic mass is 16.7. The van der Waals surface area contributed by atoms with Gasteiger partial charge in [0.25, 0.3) is 0 Å². The van der Waals surface area contributed by atoms with Gasteiger partial charge in [0.15, 0.2) is 0 Å². The van der Waals surface area contributed by atoms with Crippen molar-refractivity contribution in [3.63, 3.8) is 0 Å². The van der Waals surface area contributed by atoms with Crippen LogP contribution < -0.4 is 0 Å². The summed E-state index contributed by atoms with van der Waals surface area (Å²) in [5, 5.41) is 4.47. The van der Waals surface area contributed by atoms with Crippen molar-refractivity contribution < 1.29 is 9.63 Å². The van der Waals surface area contributed by atoms with Crippen LogP contribution in [0.15, 0.2) is 5.16 Å². The van der Waals surface area contributed by atoms with E-state index in [2.05, 4.69) is 32.9 Å². The Bertz CT molecular complexity index is 776. The van der Waals surface area contributed by atoms with Crippen LogP contribution in [-0.4, -0.2) is 29.3 Å². The van der Waals surface area contributed by atoms with Crippen LogP contribution in [0, 0.1) is 46.3 Å². The maximum absolute atomic E-state index is 12.7. The number of rotatable bonds is 4. The first kappa shape index (κ1) is 23.7. The number of nitrogens with zero attached hydrogens (tertiary/aromatic N) is 2. The third kappa shape index (κ3) is 3.86. The molecule has 33 heavy (non-hydrogen) atoms. The Morgan fingerprint density at radius 3 is 2.39 bits per heavy atom. The number of amides is 1. The predicted molar refractivity (Wildman–Crippen MR) is 134 cm³/mol. The Hall–Kier alpha value is -1.06. The molecule has 1 amide bonds. The van der Waals surface area contributed by atoms with E-state index in [-0.39, 0.29) is 6.09 Å². The molecule has 4 heteroatoms. The van der Waals surface area contributed by atoms with Crippen molar-refractivity contribution in [2.45, 2.75) is 118 Å². The summed E-state index contributed by atoms with van der Waals surface area (Å²) in [6.07, 6.45) is 15.7. The van der Waals surface area contributed by atoms with Gasteiger partial charge in [-0.1, -0.05) is 32.3 Å². The monoisotopic (exact) mass is 456 g/mol. The molecule has 0 aromatic rings. The summed E-state index contributed by atoms with van der Waals surface area (Å²) in [5.41, 5.74) is 1.96. The Balaban J connectivity index is 1.28. The van der Waals surface area contributed by atoms with Crippen molar-refractivity contribution in [2.75, 3.05) is 6.54 Å². The Morgan fingerprint density at radius 1 is 0.970 bits per heavy atom. The average molecular weight is 457 g/mol. The zero-order valence-electron chi connectivity index (χ0n) is 21.9. The summed E-state index contributed by atoms with van der Waals surface area (Å²) in [7, 11) is 0. The van der Waals surface area contributed by atoms with Crippen molar-refractivity contribution in [3.05, 3.63) is 0 Å². The van der Waals surface area contributed by atoms with E-state index < -0.39 is 0 Å². The molecule has 0 aromatic carbocycles. The van der Waals surface area contributed by atoms with Gasteiger partial charge in [-0.2, -0.15) is 0 Å². The predicted octanol–water partition coefficient (Wildman–Crippen LogP) is 7.67. The number of fused-ring (bicyclic) bond motifs is 5. The molecule has 186 valence electrons. The van der Waals surface area contributed by atoms with Gasteiger partial charge in [0.1, 0.15) is 0 Å². The Kier molecular flexibility index (Phi) is 6.36. The van der Waals surface area contributed by atoms with Gasteiger partial charge in [-0.25, -0.2) is 4.79 Å². The van der Waals surface area contributed by atoms with Crippen LogP contribution in [0.5, 0.6) is 0 Å². The molecule has 0 aliphatic heterocycles. The normalized spacial score (nSPS) is 45.4. The topological polar surface area (TPSA) is 41.9 Å². The second-order valence-electron chi connectivity index (χ2n) is 13.2. The van der Waals surface area contributed by atoms with Gasteiger partial charge in [-0.15, -0.1) is 0 Å². The van der Waals surface area contributed by atoms with E-state index >= 15 is 0 Å². The molecule has 5 aliphatic carbocycles. The molecule has 5 fully saturated rings. The van der Waals surface area contributed by atoms with Crippen molar-refractivity contribution in [1.29, 1.82) is 0 Å². The summed E-state index contributed by atoms with van der Waals surface area (Å²) in [5.74, 6) is 5.00. The fraction of sp³-hybridized carbons (Fsp3) is 0.931. The summed E-state index contributed by atoms with van der Waals surface area (Å²) in [6, 6.07) is 0.362. The van der Waals surface area contributed by atoms with E-state index in [1.54, 1.807) is 0 Å². The largest absolute Gasteiger partial charge is 0.436 e. The molecule has 3 unspecified atom stereocenters. The zero-order valence-corrected chi connectivity index (χ0v) is 21.9. The second kappa shape index (κ2) is 8.86. The molecule has 5 aliphatic rings. The molecule has 0 saturated heterocycles. The van der Waals surface area contributed by atoms with E-state index in [1.165, 1.54) is 64.2 Å². The van der Waals surface area contributed by atoms with E-state index in [0.717, 1.165) is 48.1 Å². The van der Waals surface area contributed by atoms with Crippen molar-refractivity contribution in [1.82, 2.24) is 4.90 Å². The molecule has 0 aromatic heterocycles. The zero-order chi connectivity index (χ0) is 23.4. The molecule has 0 spiro atoms. The summed E-state index contributed by atoms with van der Waals surface area (Å²) in [6.45, 7) is 12.6. The molecule has 5 saturated carbocycles. The molecule has 0 bridgehead atoms. The smallest absolute Gasteiger partial charge is 0.304 e. The van der Waals surface area contributed by atoms with E-state index in [0.29, 0.717) is 29.3 Å². The van der Waals surface area contributed by atoms with Gasteiger partial charge in [0, 0.05) is 18.5 Å². The third-order valence-corrected chi connectivity index (χ3v) is 11.8. The first-order chi connectivity index (χ1) is 15.8. The van der Waals surface area contributed by atoms with Gasteiger partial charge in [-0.3, -0.25) is 4.84 Å². The number of carbonyl (C=O) groups is 1. The lowest BCUT2D eigenvalue weighted by Crippen LogP contribution is -2.53. The highest BCUT2D eigenvalue weighted by Crippen LogP contribution is 2.67. The van der Waals surface area contributed by atoms with Crippen LogP contribution in [0.4, 0.5) is 4.79 Å². The standard InChI is InChI=1S/C29H48N2O2/c1-6-31(22-8-7-9-22)27(32)33-30-20(3)24-12-13-25-23-11-10-21-18-19(2)14-16-28(21,4)26(23)15-17-29(24,25)5/h19,21-26H,6-18H2,1-5H3/b30-20+/t19-,21?,23-,24+,25?,26?,28-,29+/m0/s1. The van der Waals surface area contributed by atoms with Crippen LogP contribution in [-0.2, 0) is 4.84 Å². The maximum Gasteiger partial charge on any atom is 0.436 e. The summed E-state index contributed by atoms with van der Waals surface area (Å²) >= 11 is 0. The fourth-order valence-corrected chi connectivity index (χ4v) is 9.62. The van der Waals surface area contributed by atoms with Gasteiger partial charge in [0.05, 0.1) is 5.71 Å². The first-order valence-corrected chi connectivity index (χ1v) is 14.3. The number of hydrogen-bond acceptors (Lipinski definition) is 3. The minimum Gasteiger partial charge on any atom is -0.304 e. The van der Waals surface area contributed by atoms with Crippen LogP contribution in [0.3, 0.4) is 0 Å². The molecule has 5 rings (SSSR count). The maximum atomic E-state index is 12.7. The summed E-state index contributed by atoms with van der Waals surface area (Å²) in [4.78, 5) is 20.1. The second-order valence-corrected chi connectivity index (χ2v) is 13.2. The number of carbonyl (C=O) groups excluding carboxylic acids is 1. The molecule has 4 nitrogen and oxygen atoms in total. The molecule has 8 atom stereocenters. The lowest BCUT2D eigenvalue weighted by Gasteiger charge is -2.61. The molecule has 0 N–H and O–H groups in total. The molecular formula is C29H48N2O2. The quantitative estimate of drug-likeness (QED) is 0.247. The number of hydrogen-bond donors (Lipinski definition) is 0.